The molecule has 0 spiro atoms. The van der Waals surface area contributed by atoms with Crippen molar-refractivity contribution in [2.24, 2.45) is 5.92 Å². The molecule has 158 valence electrons. The van der Waals surface area contributed by atoms with Crippen LogP contribution in [0.1, 0.15) is 47.4 Å². The maximum Gasteiger partial charge on any atom is 0.243 e. The first-order valence-corrected chi connectivity index (χ1v) is 12.3. The average molecular weight is 435 g/mol. The zero-order chi connectivity index (χ0) is 21.3. The lowest BCUT2D eigenvalue weighted by atomic mass is 9.96. The lowest BCUT2D eigenvalue weighted by Gasteiger charge is -2.34. The van der Waals surface area contributed by atoms with Crippen LogP contribution in [0.15, 0.2) is 34.5 Å². The van der Waals surface area contributed by atoms with Crippen LogP contribution in [0.25, 0.3) is 0 Å². The molecular formula is C22H30N2O3S2. The van der Waals surface area contributed by atoms with E-state index in [-0.39, 0.29) is 17.9 Å². The van der Waals surface area contributed by atoms with E-state index in [0.29, 0.717) is 30.8 Å². The van der Waals surface area contributed by atoms with Crippen LogP contribution in [0.5, 0.6) is 0 Å². The van der Waals surface area contributed by atoms with Crippen LogP contribution in [0, 0.1) is 26.7 Å². The van der Waals surface area contributed by atoms with Crippen LogP contribution in [0.3, 0.4) is 0 Å². The summed E-state index contributed by atoms with van der Waals surface area (Å²) >= 11 is 1.65. The minimum absolute atomic E-state index is 0.0297. The molecule has 0 radical (unpaired) electrons. The number of aryl methyl sites for hydroxylation is 3. The Morgan fingerprint density at radius 3 is 2.28 bits per heavy atom. The van der Waals surface area contributed by atoms with Gasteiger partial charge in [0.1, 0.15) is 0 Å². The second kappa shape index (κ2) is 8.58. The van der Waals surface area contributed by atoms with E-state index in [1.165, 1.54) is 0 Å². The standard InChI is InChI=1S/C22H30N2O3S2/c1-15-13-16(2)21(17(3)14-15)29(26,27)24-10-8-19(9-11-24)22(25)23(5)18(4)20-7-6-12-28-20/h6-7,12-14,18-19H,8-11H2,1-5H3. The molecule has 0 aliphatic carbocycles. The molecule has 1 aromatic carbocycles. The molecule has 2 aromatic rings. The summed E-state index contributed by atoms with van der Waals surface area (Å²) in [7, 11) is -1.71. The highest BCUT2D eigenvalue weighted by Crippen LogP contribution is 2.31. The van der Waals surface area contributed by atoms with Gasteiger partial charge >= 0.3 is 0 Å². The van der Waals surface area contributed by atoms with Crippen LogP contribution in [-0.2, 0) is 14.8 Å². The molecule has 29 heavy (non-hydrogen) atoms. The summed E-state index contributed by atoms with van der Waals surface area (Å²) < 4.78 is 28.0. The van der Waals surface area contributed by atoms with Crippen LogP contribution >= 0.6 is 11.3 Å². The van der Waals surface area contributed by atoms with E-state index in [9.17, 15) is 13.2 Å². The number of amides is 1. The minimum atomic E-state index is -3.55. The van der Waals surface area contributed by atoms with Gasteiger partial charge in [0.25, 0.3) is 0 Å². The van der Waals surface area contributed by atoms with Gasteiger partial charge in [0.05, 0.1) is 10.9 Å². The Morgan fingerprint density at radius 1 is 1.17 bits per heavy atom. The molecular weight excluding hydrogens is 404 g/mol. The van der Waals surface area contributed by atoms with Crippen LogP contribution < -0.4 is 0 Å². The smallest absolute Gasteiger partial charge is 0.243 e. The molecule has 1 saturated heterocycles. The number of hydrogen-bond acceptors (Lipinski definition) is 4. The van der Waals surface area contributed by atoms with Gasteiger partial charge in [-0.05, 0) is 63.1 Å². The number of thiophene rings is 1. The highest BCUT2D eigenvalue weighted by atomic mass is 32.2. The van der Waals surface area contributed by atoms with Crippen molar-refractivity contribution < 1.29 is 13.2 Å². The van der Waals surface area contributed by atoms with E-state index in [1.807, 2.05) is 64.4 Å². The minimum Gasteiger partial charge on any atom is -0.338 e. The van der Waals surface area contributed by atoms with Crippen molar-refractivity contribution in [2.45, 2.75) is 51.5 Å². The van der Waals surface area contributed by atoms with Gasteiger partial charge in [-0.15, -0.1) is 11.3 Å². The van der Waals surface area contributed by atoms with Gasteiger partial charge in [0, 0.05) is 30.9 Å². The van der Waals surface area contributed by atoms with Crippen molar-refractivity contribution in [3.63, 3.8) is 0 Å². The Hall–Kier alpha value is -1.70. The topological polar surface area (TPSA) is 57.7 Å². The first-order valence-electron chi connectivity index (χ1n) is 10.0. The SMILES string of the molecule is Cc1cc(C)c(S(=O)(=O)N2CCC(C(=O)N(C)C(C)c3cccs3)CC2)c(C)c1. The Kier molecular flexibility index (Phi) is 6.51. The Morgan fingerprint density at radius 2 is 1.76 bits per heavy atom. The zero-order valence-corrected chi connectivity index (χ0v) is 19.4. The number of carbonyl (C=O) groups excluding carboxylic acids is 1. The van der Waals surface area contributed by atoms with Crippen molar-refractivity contribution in [1.29, 1.82) is 0 Å². The summed E-state index contributed by atoms with van der Waals surface area (Å²) in [6.45, 7) is 8.47. The predicted molar refractivity (Wildman–Crippen MR) is 118 cm³/mol. The fraction of sp³-hybridized carbons (Fsp3) is 0.500. The molecule has 0 saturated carbocycles. The molecule has 1 unspecified atom stereocenters. The van der Waals surface area contributed by atoms with Crippen LogP contribution in [0.4, 0.5) is 0 Å². The Labute approximate surface area is 178 Å². The molecule has 0 bridgehead atoms. The number of carbonyl (C=O) groups is 1. The summed E-state index contributed by atoms with van der Waals surface area (Å²) in [5.74, 6) is -0.0280. The third-order valence-electron chi connectivity index (χ3n) is 5.89. The molecule has 1 aliphatic rings. The molecule has 1 fully saturated rings. The Bertz CT molecular complexity index is 952. The number of rotatable bonds is 5. The highest BCUT2D eigenvalue weighted by molar-refractivity contribution is 7.89. The van der Waals surface area contributed by atoms with Gasteiger partial charge < -0.3 is 4.90 Å². The van der Waals surface area contributed by atoms with Gasteiger partial charge in [-0.2, -0.15) is 4.31 Å². The summed E-state index contributed by atoms with van der Waals surface area (Å²) in [6.07, 6.45) is 1.12. The number of benzene rings is 1. The number of piperidine rings is 1. The van der Waals surface area contributed by atoms with E-state index in [4.69, 9.17) is 0 Å². The van der Waals surface area contributed by atoms with Crippen LogP contribution in [-0.4, -0.2) is 43.7 Å². The molecule has 3 rings (SSSR count). The van der Waals surface area contributed by atoms with Gasteiger partial charge in [0.15, 0.2) is 0 Å². The van der Waals surface area contributed by atoms with Crippen molar-refractivity contribution >= 4 is 27.3 Å². The maximum absolute atomic E-state index is 13.2. The predicted octanol–water partition coefficient (Wildman–Crippen LogP) is 4.29. The molecule has 1 aliphatic heterocycles. The van der Waals surface area contributed by atoms with Crippen LogP contribution in [0.2, 0.25) is 0 Å². The summed E-state index contributed by atoms with van der Waals surface area (Å²) in [5.41, 5.74) is 2.63. The molecule has 2 heterocycles. The van der Waals surface area contributed by atoms with Gasteiger partial charge in [-0.3, -0.25) is 4.79 Å². The number of nitrogens with zero attached hydrogens (tertiary/aromatic N) is 2. The lowest BCUT2D eigenvalue weighted by Crippen LogP contribution is -2.44. The molecule has 7 heteroatoms. The zero-order valence-electron chi connectivity index (χ0n) is 17.8. The number of hydrogen-bond donors (Lipinski definition) is 0. The summed E-state index contributed by atoms with van der Waals surface area (Å²) in [6, 6.07) is 7.89. The lowest BCUT2D eigenvalue weighted by molar-refractivity contribution is -0.137. The number of sulfonamides is 1. The molecule has 1 atom stereocenters. The fourth-order valence-corrected chi connectivity index (χ4v) is 6.95. The monoisotopic (exact) mass is 434 g/mol. The van der Waals surface area contributed by atoms with Crippen molar-refractivity contribution in [1.82, 2.24) is 9.21 Å². The third-order valence-corrected chi connectivity index (χ3v) is 9.14. The van der Waals surface area contributed by atoms with Crippen molar-refractivity contribution in [3.05, 3.63) is 51.2 Å². The second-order valence-corrected chi connectivity index (χ2v) is 10.9. The normalized spacial score (nSPS) is 17.3. The molecule has 1 aromatic heterocycles. The quantitative estimate of drug-likeness (QED) is 0.705. The largest absolute Gasteiger partial charge is 0.338 e. The second-order valence-electron chi connectivity index (χ2n) is 8.05. The first kappa shape index (κ1) is 22.0. The van der Waals surface area contributed by atoms with Crippen molar-refractivity contribution in [2.75, 3.05) is 20.1 Å². The first-order chi connectivity index (χ1) is 13.6. The molecule has 5 nitrogen and oxygen atoms in total. The summed E-state index contributed by atoms with van der Waals surface area (Å²) in [5, 5.41) is 2.02. The fourth-order valence-electron chi connectivity index (χ4n) is 4.24. The third kappa shape index (κ3) is 4.42. The molecule has 0 N–H and O–H groups in total. The van der Waals surface area contributed by atoms with E-state index in [2.05, 4.69) is 0 Å². The summed E-state index contributed by atoms with van der Waals surface area (Å²) in [4.78, 5) is 16.3. The van der Waals surface area contributed by atoms with Gasteiger partial charge in [0.2, 0.25) is 15.9 Å². The average Bonchev–Trinajstić information content (AvgIpc) is 3.20. The maximum atomic E-state index is 13.2. The molecule has 1 amide bonds. The van der Waals surface area contributed by atoms with E-state index in [1.54, 1.807) is 20.5 Å². The van der Waals surface area contributed by atoms with Gasteiger partial charge in [-0.1, -0.05) is 23.8 Å². The van der Waals surface area contributed by atoms with Crippen molar-refractivity contribution in [3.8, 4) is 0 Å². The van der Waals surface area contributed by atoms with E-state index in [0.717, 1.165) is 21.6 Å². The highest BCUT2D eigenvalue weighted by Gasteiger charge is 2.35. The van der Waals surface area contributed by atoms with Gasteiger partial charge in [-0.25, -0.2) is 8.42 Å². The Balaban J connectivity index is 1.69. The van der Waals surface area contributed by atoms with E-state index < -0.39 is 10.0 Å². The van der Waals surface area contributed by atoms with E-state index >= 15 is 0 Å².